The fourth-order valence-corrected chi connectivity index (χ4v) is 5.56. The summed E-state index contributed by atoms with van der Waals surface area (Å²) in [6.07, 6.45) is 3.33. The highest BCUT2D eigenvalue weighted by Gasteiger charge is 2.35. The molecule has 1 N–H and O–H groups in total. The fourth-order valence-electron chi connectivity index (χ4n) is 2.70. The van der Waals surface area contributed by atoms with E-state index in [1.165, 1.54) is 24.2 Å². The number of sulfonamides is 1. The molecule has 0 aromatic carbocycles. The molecule has 1 unspecified atom stereocenters. The molecule has 1 aromatic rings. The second kappa shape index (κ2) is 5.96. The van der Waals surface area contributed by atoms with E-state index >= 15 is 0 Å². The van der Waals surface area contributed by atoms with Crippen LogP contribution >= 0.6 is 11.3 Å². The van der Waals surface area contributed by atoms with Gasteiger partial charge in [0.1, 0.15) is 0 Å². The van der Waals surface area contributed by atoms with Crippen molar-refractivity contribution in [2.75, 3.05) is 27.2 Å². The van der Waals surface area contributed by atoms with Crippen LogP contribution in [0.25, 0.3) is 0 Å². The molecule has 5 nitrogen and oxygen atoms in total. The van der Waals surface area contributed by atoms with Crippen molar-refractivity contribution in [2.45, 2.75) is 42.8 Å². The van der Waals surface area contributed by atoms with Gasteiger partial charge >= 0.3 is 0 Å². The minimum atomic E-state index is -3.34. The summed E-state index contributed by atoms with van der Waals surface area (Å²) < 4.78 is 27.3. The summed E-state index contributed by atoms with van der Waals surface area (Å²) in [5.74, 6) is 0. The van der Waals surface area contributed by atoms with E-state index in [0.717, 1.165) is 11.3 Å². The van der Waals surface area contributed by atoms with Crippen molar-refractivity contribution in [1.82, 2.24) is 14.5 Å². The second-order valence-electron chi connectivity index (χ2n) is 6.13. The summed E-state index contributed by atoms with van der Waals surface area (Å²) >= 11 is 1.53. The summed E-state index contributed by atoms with van der Waals surface area (Å²) in [7, 11) is 0.678. The number of likely N-dealkylation sites (N-methyl/N-ethyl adjacent to an activating group) is 1. The molecule has 1 aromatic heterocycles. The van der Waals surface area contributed by atoms with Gasteiger partial charge in [-0.1, -0.05) is 0 Å². The zero-order valence-electron chi connectivity index (χ0n) is 12.6. The quantitative estimate of drug-likeness (QED) is 0.855. The first-order valence-corrected chi connectivity index (χ1v) is 9.77. The first kappa shape index (κ1) is 15.4. The van der Waals surface area contributed by atoms with Gasteiger partial charge in [0.15, 0.2) is 0 Å². The van der Waals surface area contributed by atoms with E-state index in [2.05, 4.69) is 10.2 Å². The van der Waals surface area contributed by atoms with Gasteiger partial charge in [0.05, 0.1) is 4.90 Å². The maximum absolute atomic E-state index is 12.8. The summed E-state index contributed by atoms with van der Waals surface area (Å²) in [5, 5.41) is 5.29. The van der Waals surface area contributed by atoms with Crippen LogP contribution in [0.3, 0.4) is 0 Å². The Balaban J connectivity index is 1.74. The SMILES string of the molecule is CN(C)C1CCN(S(=O)(=O)c2ccsc2CNC2CC2)C1. The molecule has 2 heterocycles. The van der Waals surface area contributed by atoms with Gasteiger partial charge in [-0.15, -0.1) is 11.3 Å². The average molecular weight is 329 g/mol. The number of hydrogen-bond donors (Lipinski definition) is 1. The van der Waals surface area contributed by atoms with Gasteiger partial charge in [0, 0.05) is 36.6 Å². The Bertz CT molecular complexity index is 593. The van der Waals surface area contributed by atoms with Crippen molar-refractivity contribution in [1.29, 1.82) is 0 Å². The normalized spacial score (nSPS) is 24.0. The van der Waals surface area contributed by atoms with Crippen molar-refractivity contribution in [3.05, 3.63) is 16.3 Å². The first-order chi connectivity index (χ1) is 9.98. The molecule has 0 amide bonds. The van der Waals surface area contributed by atoms with Crippen LogP contribution in [0.4, 0.5) is 0 Å². The standard InChI is InChI=1S/C14H23N3O2S2/c1-16(2)12-5-7-17(10-12)21(18,19)14-6-8-20-13(14)9-15-11-3-4-11/h6,8,11-12,15H,3-5,7,9-10H2,1-2H3. The van der Waals surface area contributed by atoms with Crippen LogP contribution in [0.2, 0.25) is 0 Å². The third-order valence-electron chi connectivity index (χ3n) is 4.31. The summed E-state index contributed by atoms with van der Waals surface area (Å²) in [4.78, 5) is 3.55. The van der Waals surface area contributed by atoms with E-state index in [1.807, 2.05) is 19.5 Å². The second-order valence-corrected chi connectivity index (χ2v) is 9.04. The highest BCUT2D eigenvalue weighted by atomic mass is 32.2. The highest BCUT2D eigenvalue weighted by Crippen LogP contribution is 2.29. The van der Waals surface area contributed by atoms with Crippen molar-refractivity contribution in [3.63, 3.8) is 0 Å². The predicted molar refractivity (Wildman–Crippen MR) is 85.0 cm³/mol. The van der Waals surface area contributed by atoms with E-state index < -0.39 is 10.0 Å². The van der Waals surface area contributed by atoms with Crippen LogP contribution < -0.4 is 5.32 Å². The van der Waals surface area contributed by atoms with Crippen LogP contribution in [0.5, 0.6) is 0 Å². The van der Waals surface area contributed by atoms with Gasteiger partial charge in [0.25, 0.3) is 0 Å². The van der Waals surface area contributed by atoms with Gasteiger partial charge < -0.3 is 10.2 Å². The molecule has 1 saturated carbocycles. The molecule has 3 rings (SSSR count). The number of thiophene rings is 1. The lowest BCUT2D eigenvalue weighted by atomic mass is 10.2. The number of hydrogen-bond acceptors (Lipinski definition) is 5. The third kappa shape index (κ3) is 3.32. The lowest BCUT2D eigenvalue weighted by Gasteiger charge is -2.20. The number of nitrogens with zero attached hydrogens (tertiary/aromatic N) is 2. The molecule has 0 bridgehead atoms. The van der Waals surface area contributed by atoms with E-state index in [1.54, 1.807) is 10.4 Å². The molecular weight excluding hydrogens is 306 g/mol. The maximum Gasteiger partial charge on any atom is 0.244 e. The Kier molecular flexibility index (Phi) is 4.38. The zero-order chi connectivity index (χ0) is 15.0. The van der Waals surface area contributed by atoms with Crippen molar-refractivity contribution in [2.24, 2.45) is 0 Å². The monoisotopic (exact) mass is 329 g/mol. The van der Waals surface area contributed by atoms with E-state index in [4.69, 9.17) is 0 Å². The smallest absolute Gasteiger partial charge is 0.244 e. The Morgan fingerprint density at radius 2 is 2.14 bits per heavy atom. The van der Waals surface area contributed by atoms with E-state index in [-0.39, 0.29) is 0 Å². The molecule has 1 atom stereocenters. The lowest BCUT2D eigenvalue weighted by Crippen LogP contribution is -2.34. The largest absolute Gasteiger partial charge is 0.309 e. The van der Waals surface area contributed by atoms with Crippen LogP contribution in [0, 0.1) is 0 Å². The lowest BCUT2D eigenvalue weighted by molar-refractivity contribution is 0.302. The van der Waals surface area contributed by atoms with Gasteiger partial charge in [-0.2, -0.15) is 4.31 Å². The minimum absolute atomic E-state index is 0.325. The molecule has 21 heavy (non-hydrogen) atoms. The van der Waals surface area contributed by atoms with Gasteiger partial charge in [0.2, 0.25) is 10.0 Å². The van der Waals surface area contributed by atoms with Crippen LogP contribution in [-0.2, 0) is 16.6 Å². The third-order valence-corrected chi connectivity index (χ3v) is 7.31. The van der Waals surface area contributed by atoms with Crippen LogP contribution in [-0.4, -0.2) is 56.9 Å². The minimum Gasteiger partial charge on any atom is -0.309 e. The fraction of sp³-hybridized carbons (Fsp3) is 0.714. The number of nitrogens with one attached hydrogen (secondary N) is 1. The predicted octanol–water partition coefficient (Wildman–Crippen LogP) is 1.32. The summed E-state index contributed by atoms with van der Waals surface area (Å²) in [5.41, 5.74) is 0. The molecule has 1 aliphatic carbocycles. The van der Waals surface area contributed by atoms with E-state index in [0.29, 0.717) is 36.6 Å². The van der Waals surface area contributed by atoms with Crippen molar-refractivity contribution < 1.29 is 8.42 Å². The van der Waals surface area contributed by atoms with Crippen LogP contribution in [0.1, 0.15) is 24.1 Å². The Morgan fingerprint density at radius 1 is 1.38 bits per heavy atom. The topological polar surface area (TPSA) is 52.7 Å². The van der Waals surface area contributed by atoms with Crippen molar-refractivity contribution in [3.8, 4) is 0 Å². The average Bonchev–Trinajstić information content (AvgIpc) is 2.95. The molecule has 118 valence electrons. The molecule has 2 fully saturated rings. The van der Waals surface area contributed by atoms with Gasteiger partial charge in [-0.3, -0.25) is 0 Å². The highest BCUT2D eigenvalue weighted by molar-refractivity contribution is 7.89. The molecule has 1 saturated heterocycles. The summed E-state index contributed by atoms with van der Waals surface area (Å²) in [6, 6.07) is 2.67. The maximum atomic E-state index is 12.8. The van der Waals surface area contributed by atoms with Gasteiger partial charge in [-0.25, -0.2) is 8.42 Å². The van der Waals surface area contributed by atoms with Crippen molar-refractivity contribution >= 4 is 21.4 Å². The Morgan fingerprint density at radius 3 is 2.76 bits per heavy atom. The Hall–Kier alpha value is -0.470. The Labute approximate surface area is 131 Å². The molecule has 7 heteroatoms. The van der Waals surface area contributed by atoms with Gasteiger partial charge in [-0.05, 0) is 44.8 Å². The first-order valence-electron chi connectivity index (χ1n) is 7.45. The molecular formula is C14H23N3O2S2. The number of rotatable bonds is 6. The molecule has 1 aliphatic heterocycles. The molecule has 0 radical (unpaired) electrons. The molecule has 0 spiro atoms. The van der Waals surface area contributed by atoms with E-state index in [9.17, 15) is 8.42 Å². The van der Waals surface area contributed by atoms with Crippen LogP contribution in [0.15, 0.2) is 16.3 Å². The summed E-state index contributed by atoms with van der Waals surface area (Å²) in [6.45, 7) is 1.89. The zero-order valence-corrected chi connectivity index (χ0v) is 14.2. The molecule has 2 aliphatic rings.